The number of nitrogen functional groups attached to an aromatic ring is 1. The van der Waals surface area contributed by atoms with Crippen molar-refractivity contribution in [3.8, 4) is 0 Å². The number of anilines is 1. The van der Waals surface area contributed by atoms with Crippen LogP contribution in [0.5, 0.6) is 0 Å². The van der Waals surface area contributed by atoms with E-state index < -0.39 is 0 Å². The zero-order chi connectivity index (χ0) is 9.14. The average molecular weight is 166 g/mol. The molecular formula is C8H14N4. The maximum absolute atomic E-state index is 5.73. The van der Waals surface area contributed by atoms with Gasteiger partial charge in [-0.25, -0.2) is 0 Å². The molecule has 0 spiro atoms. The fourth-order valence-corrected chi connectivity index (χ4v) is 1.05. The van der Waals surface area contributed by atoms with E-state index in [1.165, 1.54) is 0 Å². The van der Waals surface area contributed by atoms with Crippen LogP contribution in [0.2, 0.25) is 0 Å². The number of benzene rings is 1. The third kappa shape index (κ3) is 1.73. The van der Waals surface area contributed by atoms with E-state index in [1.54, 1.807) is 0 Å². The molecular weight excluding hydrogens is 152 g/mol. The second kappa shape index (κ2) is 3.53. The van der Waals surface area contributed by atoms with Gasteiger partial charge < -0.3 is 22.1 Å². The summed E-state index contributed by atoms with van der Waals surface area (Å²) >= 11 is 0. The van der Waals surface area contributed by atoms with Crippen LogP contribution in [0.3, 0.4) is 0 Å². The molecule has 0 aromatic heterocycles. The quantitative estimate of drug-likeness (QED) is 0.326. The van der Waals surface area contributed by atoms with Gasteiger partial charge in [0.25, 0.3) is 0 Å². The van der Waals surface area contributed by atoms with Gasteiger partial charge in [-0.1, -0.05) is 6.07 Å². The van der Waals surface area contributed by atoms with Crippen molar-refractivity contribution in [3.63, 3.8) is 0 Å². The number of aryl methyl sites for hydroxylation is 1. The average Bonchev–Trinajstić information content (AvgIpc) is 2.08. The van der Waals surface area contributed by atoms with Gasteiger partial charge in [0.15, 0.2) is 0 Å². The zero-order valence-electron chi connectivity index (χ0n) is 7.33. The molecule has 5 N–H and O–H groups in total. The Hall–Kier alpha value is -1.10. The lowest BCUT2D eigenvalue weighted by Gasteiger charge is -2.23. The Balaban J connectivity index is 3.04. The standard InChI is InChI=1S/C8H14N4/c1-6-3-4-7(9)8(5-6)12(2)11-10/h3-5,12H,9-10H2,1-2H3. The summed E-state index contributed by atoms with van der Waals surface area (Å²) in [6.45, 7) is 2.01. The molecule has 0 radical (unpaired) electrons. The summed E-state index contributed by atoms with van der Waals surface area (Å²) in [7, 11) is 1.84. The minimum absolute atomic E-state index is 0.715. The van der Waals surface area contributed by atoms with Crippen LogP contribution in [0.4, 0.5) is 11.4 Å². The van der Waals surface area contributed by atoms with Crippen molar-refractivity contribution in [1.29, 1.82) is 0 Å². The lowest BCUT2D eigenvalue weighted by molar-refractivity contribution is -0.768. The van der Waals surface area contributed by atoms with Crippen LogP contribution >= 0.6 is 0 Å². The number of nitrogens with one attached hydrogen (secondary N) is 1. The molecule has 0 amide bonds. The van der Waals surface area contributed by atoms with Gasteiger partial charge in [-0.05, 0) is 18.6 Å². The molecule has 0 saturated carbocycles. The Morgan fingerprint density at radius 3 is 2.67 bits per heavy atom. The van der Waals surface area contributed by atoms with Gasteiger partial charge in [0.1, 0.15) is 5.69 Å². The van der Waals surface area contributed by atoms with Gasteiger partial charge >= 0.3 is 0 Å². The van der Waals surface area contributed by atoms with Crippen LogP contribution in [-0.4, -0.2) is 7.05 Å². The predicted molar refractivity (Wildman–Crippen MR) is 49.7 cm³/mol. The Morgan fingerprint density at radius 2 is 2.08 bits per heavy atom. The van der Waals surface area contributed by atoms with E-state index in [4.69, 9.17) is 11.6 Å². The van der Waals surface area contributed by atoms with E-state index in [-0.39, 0.29) is 0 Å². The molecule has 1 unspecified atom stereocenters. The molecule has 1 aromatic rings. The number of hydrogen-bond donors (Lipinski definition) is 3. The summed E-state index contributed by atoms with van der Waals surface area (Å²) in [5, 5.41) is 0.760. The lowest BCUT2D eigenvalue weighted by Crippen LogP contribution is -3.00. The molecule has 0 heterocycles. The number of hydrogen-bond acceptors (Lipinski definition) is 2. The normalized spacial score (nSPS) is 12.9. The van der Waals surface area contributed by atoms with Crippen molar-refractivity contribution in [3.05, 3.63) is 29.3 Å². The first kappa shape index (κ1) is 8.99. The number of nitrogens with two attached hydrogens (primary N) is 2. The van der Waals surface area contributed by atoms with Crippen LogP contribution < -0.4 is 16.6 Å². The van der Waals surface area contributed by atoms with E-state index >= 15 is 0 Å². The van der Waals surface area contributed by atoms with Crippen LogP contribution in [0, 0.1) is 6.92 Å². The molecule has 12 heavy (non-hydrogen) atoms. The van der Waals surface area contributed by atoms with E-state index in [0.717, 1.165) is 16.3 Å². The number of quaternary nitrogens is 1. The third-order valence-corrected chi connectivity index (χ3v) is 1.79. The summed E-state index contributed by atoms with van der Waals surface area (Å²) < 4.78 is 0. The summed E-state index contributed by atoms with van der Waals surface area (Å²) in [5.74, 6) is 5.16. The van der Waals surface area contributed by atoms with E-state index in [1.807, 2.05) is 32.2 Å². The van der Waals surface area contributed by atoms with Crippen molar-refractivity contribution >= 4 is 11.4 Å². The molecule has 4 nitrogen and oxygen atoms in total. The van der Waals surface area contributed by atoms with Gasteiger partial charge in [-0.2, -0.15) is 0 Å². The smallest absolute Gasteiger partial charge is 0.145 e. The van der Waals surface area contributed by atoms with Crippen LogP contribution in [0.1, 0.15) is 5.56 Å². The highest BCUT2D eigenvalue weighted by atomic mass is 15.6. The van der Waals surface area contributed by atoms with Crippen molar-refractivity contribution in [2.45, 2.75) is 6.92 Å². The highest BCUT2D eigenvalue weighted by molar-refractivity contribution is 5.58. The molecule has 1 aromatic carbocycles. The molecule has 1 rings (SSSR count). The summed E-state index contributed by atoms with van der Waals surface area (Å²) in [5.41, 5.74) is 12.1. The summed E-state index contributed by atoms with van der Waals surface area (Å²) in [6.07, 6.45) is 0. The second-order valence-corrected chi connectivity index (χ2v) is 2.81. The lowest BCUT2D eigenvalue weighted by atomic mass is 10.2. The van der Waals surface area contributed by atoms with Crippen molar-refractivity contribution in [2.75, 3.05) is 12.8 Å². The summed E-state index contributed by atoms with van der Waals surface area (Å²) in [4.78, 5) is 0. The molecule has 0 bridgehead atoms. The fourth-order valence-electron chi connectivity index (χ4n) is 1.05. The minimum atomic E-state index is 0.715. The van der Waals surface area contributed by atoms with Crippen molar-refractivity contribution in [1.82, 2.24) is 0 Å². The third-order valence-electron chi connectivity index (χ3n) is 1.79. The molecule has 0 fully saturated rings. The van der Waals surface area contributed by atoms with Crippen LogP contribution in [0.25, 0.3) is 5.53 Å². The summed E-state index contributed by atoms with van der Waals surface area (Å²) in [6, 6.07) is 5.79. The van der Waals surface area contributed by atoms with Crippen molar-refractivity contribution in [2.24, 2.45) is 5.84 Å². The molecule has 4 heteroatoms. The largest absolute Gasteiger partial charge is 0.394 e. The molecule has 0 aliphatic heterocycles. The van der Waals surface area contributed by atoms with E-state index in [0.29, 0.717) is 5.69 Å². The highest BCUT2D eigenvalue weighted by Gasteiger charge is 2.03. The number of nitrogens with zero attached hydrogens (tertiary/aromatic N) is 1. The topological polar surface area (TPSA) is 70.6 Å². The van der Waals surface area contributed by atoms with Gasteiger partial charge in [0.2, 0.25) is 0 Å². The van der Waals surface area contributed by atoms with E-state index in [9.17, 15) is 0 Å². The Kier molecular flexibility index (Phi) is 2.65. The molecule has 1 atom stereocenters. The minimum Gasteiger partial charge on any atom is -0.394 e. The van der Waals surface area contributed by atoms with Crippen molar-refractivity contribution < 1.29 is 5.01 Å². The fraction of sp³-hybridized carbons (Fsp3) is 0.250. The van der Waals surface area contributed by atoms with E-state index in [2.05, 4.69) is 5.53 Å². The molecule has 0 saturated heterocycles. The van der Waals surface area contributed by atoms with Gasteiger partial charge in [-0.15, -0.1) is 0 Å². The maximum atomic E-state index is 5.73. The first-order chi connectivity index (χ1) is 5.65. The first-order valence-corrected chi connectivity index (χ1v) is 3.76. The molecule has 66 valence electrons. The monoisotopic (exact) mass is 166 g/mol. The molecule has 0 aliphatic rings. The number of rotatable bonds is 2. The van der Waals surface area contributed by atoms with Gasteiger partial charge in [0, 0.05) is 6.07 Å². The van der Waals surface area contributed by atoms with Crippen LogP contribution in [-0.2, 0) is 0 Å². The second-order valence-electron chi connectivity index (χ2n) is 2.81. The van der Waals surface area contributed by atoms with Crippen LogP contribution in [0.15, 0.2) is 18.2 Å². The zero-order valence-corrected chi connectivity index (χ0v) is 7.33. The first-order valence-electron chi connectivity index (χ1n) is 3.76. The Bertz CT molecular complexity index is 272. The highest BCUT2D eigenvalue weighted by Crippen LogP contribution is 2.14. The van der Waals surface area contributed by atoms with Gasteiger partial charge in [0.05, 0.1) is 12.7 Å². The molecule has 0 aliphatic carbocycles. The SMILES string of the molecule is Cc1ccc(N)c([NH+](C)[N-]N)c1. The Morgan fingerprint density at radius 1 is 1.42 bits per heavy atom. The predicted octanol–water partition coefficient (Wildman–Crippen LogP) is -0.114. The Labute approximate surface area is 72.1 Å². The van der Waals surface area contributed by atoms with Gasteiger partial charge in [-0.3, -0.25) is 0 Å². The maximum Gasteiger partial charge on any atom is 0.145 e.